The summed E-state index contributed by atoms with van der Waals surface area (Å²) in [5, 5.41) is 0.324. The first-order valence-corrected chi connectivity index (χ1v) is 8.59. The molecule has 0 saturated carbocycles. The predicted octanol–water partition coefficient (Wildman–Crippen LogP) is 2.71. The normalized spacial score (nSPS) is 19.0. The minimum absolute atomic E-state index is 0.0188. The van der Waals surface area contributed by atoms with Crippen LogP contribution in [0.15, 0.2) is 23.3 Å². The van der Waals surface area contributed by atoms with Gasteiger partial charge in [-0.05, 0) is 40.7 Å². The van der Waals surface area contributed by atoms with Gasteiger partial charge in [0.05, 0.1) is 23.2 Å². The van der Waals surface area contributed by atoms with E-state index in [4.69, 9.17) is 14.2 Å². The molecule has 7 heteroatoms. The third-order valence-electron chi connectivity index (χ3n) is 5.05. The summed E-state index contributed by atoms with van der Waals surface area (Å²) in [6, 6.07) is 1.68. The van der Waals surface area contributed by atoms with Crippen molar-refractivity contribution < 1.29 is 19.0 Å². The highest BCUT2D eigenvalue weighted by molar-refractivity contribution is 5.93. The summed E-state index contributed by atoms with van der Waals surface area (Å²) in [6.07, 6.45) is 2.45. The molecule has 3 rings (SSSR count). The number of aryl methyl sites for hydroxylation is 1. The molecule has 0 N–H and O–H groups in total. The van der Waals surface area contributed by atoms with Crippen LogP contribution in [0.5, 0.6) is 0 Å². The topological polar surface area (TPSA) is 79.7 Å². The third-order valence-corrected chi connectivity index (χ3v) is 5.05. The van der Waals surface area contributed by atoms with Gasteiger partial charge in [0.15, 0.2) is 6.29 Å². The monoisotopic (exact) mass is 360 g/mol. The Morgan fingerprint density at radius 1 is 1.27 bits per heavy atom. The third kappa shape index (κ3) is 2.91. The van der Waals surface area contributed by atoms with Crippen molar-refractivity contribution in [1.29, 1.82) is 0 Å². The highest BCUT2D eigenvalue weighted by Crippen LogP contribution is 2.44. The second kappa shape index (κ2) is 6.17. The molecule has 1 aliphatic heterocycles. The number of hydrogen-bond donors (Lipinski definition) is 0. The summed E-state index contributed by atoms with van der Waals surface area (Å²) in [4.78, 5) is 29.2. The Labute approximate surface area is 151 Å². The van der Waals surface area contributed by atoms with E-state index in [1.165, 1.54) is 6.20 Å². The maximum absolute atomic E-state index is 12.8. The van der Waals surface area contributed by atoms with Crippen molar-refractivity contribution in [3.8, 4) is 0 Å². The van der Waals surface area contributed by atoms with Crippen LogP contribution in [-0.2, 0) is 21.3 Å². The summed E-state index contributed by atoms with van der Waals surface area (Å²) in [5.74, 6) is -0.643. The molecule has 3 heterocycles. The average Bonchev–Trinajstić information content (AvgIpc) is 2.78. The van der Waals surface area contributed by atoms with Crippen LogP contribution in [0, 0.1) is 0 Å². The highest BCUT2D eigenvalue weighted by atomic mass is 16.7. The van der Waals surface area contributed by atoms with Crippen LogP contribution < -0.4 is 5.43 Å². The second-order valence-electron chi connectivity index (χ2n) is 7.43. The molecular weight excluding hydrogens is 336 g/mol. The summed E-state index contributed by atoms with van der Waals surface area (Å²) in [7, 11) is 1.73. The highest BCUT2D eigenvalue weighted by Gasteiger charge is 2.49. The summed E-state index contributed by atoms with van der Waals surface area (Å²) < 4.78 is 18.7. The number of ether oxygens (including phenoxy) is 3. The van der Waals surface area contributed by atoms with Crippen LogP contribution in [0.1, 0.15) is 56.8 Å². The minimum Gasteiger partial charge on any atom is -0.462 e. The molecule has 1 fully saturated rings. The fourth-order valence-electron chi connectivity index (χ4n) is 2.84. The molecule has 2 aromatic heterocycles. The zero-order valence-electron chi connectivity index (χ0n) is 16.0. The summed E-state index contributed by atoms with van der Waals surface area (Å²) >= 11 is 0. The van der Waals surface area contributed by atoms with Crippen LogP contribution in [0.4, 0.5) is 0 Å². The molecule has 0 amide bonds. The Morgan fingerprint density at radius 3 is 2.46 bits per heavy atom. The molecule has 140 valence electrons. The van der Waals surface area contributed by atoms with Gasteiger partial charge in [0.1, 0.15) is 11.2 Å². The largest absolute Gasteiger partial charge is 0.462 e. The fraction of sp³-hybridized carbons (Fsp3) is 0.526. The lowest BCUT2D eigenvalue weighted by molar-refractivity contribution is -0.0896. The molecule has 1 saturated heterocycles. The molecule has 26 heavy (non-hydrogen) atoms. The first-order valence-electron chi connectivity index (χ1n) is 8.59. The van der Waals surface area contributed by atoms with Gasteiger partial charge in [0.25, 0.3) is 0 Å². The minimum atomic E-state index is -0.643. The lowest BCUT2D eigenvalue weighted by Gasteiger charge is -2.30. The van der Waals surface area contributed by atoms with E-state index in [1.54, 1.807) is 30.8 Å². The van der Waals surface area contributed by atoms with E-state index >= 15 is 0 Å². The van der Waals surface area contributed by atoms with Crippen molar-refractivity contribution in [2.24, 2.45) is 7.05 Å². The van der Waals surface area contributed by atoms with Crippen molar-refractivity contribution in [3.05, 3.63) is 39.8 Å². The van der Waals surface area contributed by atoms with Crippen molar-refractivity contribution in [1.82, 2.24) is 9.55 Å². The quantitative estimate of drug-likeness (QED) is 0.783. The van der Waals surface area contributed by atoms with E-state index in [0.29, 0.717) is 16.6 Å². The number of fused-ring (bicyclic) bond motifs is 1. The molecule has 0 atom stereocenters. The Hall–Kier alpha value is -2.25. The molecule has 0 unspecified atom stereocenters. The summed E-state index contributed by atoms with van der Waals surface area (Å²) in [6.45, 7) is 9.73. The van der Waals surface area contributed by atoms with Gasteiger partial charge in [0.2, 0.25) is 5.43 Å². The van der Waals surface area contributed by atoms with Crippen LogP contribution >= 0.6 is 0 Å². The number of nitrogens with zero attached hydrogens (tertiary/aromatic N) is 2. The molecule has 0 aliphatic carbocycles. The Balaban J connectivity index is 2.10. The Morgan fingerprint density at radius 2 is 1.88 bits per heavy atom. The van der Waals surface area contributed by atoms with Crippen LogP contribution in [0.3, 0.4) is 0 Å². The number of hydrogen-bond acceptors (Lipinski definition) is 6. The lowest BCUT2D eigenvalue weighted by Crippen LogP contribution is -2.41. The molecule has 0 aromatic carbocycles. The molecule has 0 bridgehead atoms. The van der Waals surface area contributed by atoms with Gasteiger partial charge in [-0.1, -0.05) is 0 Å². The van der Waals surface area contributed by atoms with Crippen LogP contribution in [0.2, 0.25) is 0 Å². The number of pyridine rings is 2. The molecular formula is C19H24N2O5. The van der Waals surface area contributed by atoms with Crippen molar-refractivity contribution in [2.75, 3.05) is 6.61 Å². The van der Waals surface area contributed by atoms with Crippen molar-refractivity contribution >= 4 is 17.0 Å². The molecule has 0 spiro atoms. The van der Waals surface area contributed by atoms with E-state index < -0.39 is 28.9 Å². The van der Waals surface area contributed by atoms with Crippen molar-refractivity contribution in [2.45, 2.75) is 52.1 Å². The zero-order valence-corrected chi connectivity index (χ0v) is 16.0. The zero-order chi connectivity index (χ0) is 19.3. The van der Waals surface area contributed by atoms with Crippen LogP contribution in [0.25, 0.3) is 11.0 Å². The van der Waals surface area contributed by atoms with Crippen molar-refractivity contribution in [3.63, 3.8) is 0 Å². The van der Waals surface area contributed by atoms with E-state index in [0.717, 1.165) is 0 Å². The number of aromatic nitrogens is 2. The lowest BCUT2D eigenvalue weighted by atomic mass is 9.90. The molecule has 2 aromatic rings. The first-order chi connectivity index (χ1) is 12.1. The van der Waals surface area contributed by atoms with Gasteiger partial charge in [-0.25, -0.2) is 9.78 Å². The van der Waals surface area contributed by atoms with Crippen LogP contribution in [-0.4, -0.2) is 33.3 Å². The van der Waals surface area contributed by atoms with Gasteiger partial charge < -0.3 is 18.8 Å². The SMILES string of the molecule is CCOC(=O)c1cn(C)c2ncc(C3OC(C)(C)C(C)(C)O3)cc2c1=O. The smallest absolute Gasteiger partial charge is 0.343 e. The maximum atomic E-state index is 12.8. The van der Waals surface area contributed by atoms with Gasteiger partial charge >= 0.3 is 5.97 Å². The van der Waals surface area contributed by atoms with E-state index in [2.05, 4.69) is 4.98 Å². The van der Waals surface area contributed by atoms with Gasteiger partial charge in [-0.15, -0.1) is 0 Å². The molecule has 0 radical (unpaired) electrons. The number of carbonyl (C=O) groups is 1. The Kier molecular flexibility index (Phi) is 4.40. The molecule has 7 nitrogen and oxygen atoms in total. The predicted molar refractivity (Wildman–Crippen MR) is 96.0 cm³/mol. The van der Waals surface area contributed by atoms with E-state index in [-0.39, 0.29) is 12.2 Å². The van der Waals surface area contributed by atoms with Gasteiger partial charge in [-0.3, -0.25) is 4.79 Å². The van der Waals surface area contributed by atoms with E-state index in [1.807, 2.05) is 27.7 Å². The van der Waals surface area contributed by atoms with Gasteiger partial charge in [-0.2, -0.15) is 0 Å². The average molecular weight is 360 g/mol. The molecule has 1 aliphatic rings. The second-order valence-corrected chi connectivity index (χ2v) is 7.43. The number of carbonyl (C=O) groups excluding carboxylic acids is 1. The fourth-order valence-corrected chi connectivity index (χ4v) is 2.84. The Bertz CT molecular complexity index is 913. The maximum Gasteiger partial charge on any atom is 0.343 e. The summed E-state index contributed by atoms with van der Waals surface area (Å²) in [5.41, 5.74) is -0.316. The van der Waals surface area contributed by atoms with E-state index in [9.17, 15) is 9.59 Å². The number of esters is 1. The van der Waals surface area contributed by atoms with Gasteiger partial charge in [0, 0.05) is 25.0 Å². The first kappa shape index (κ1) is 18.5. The number of rotatable bonds is 3. The standard InChI is InChI=1S/C19H24N2O5/c1-7-24-16(23)13-10-21(6)15-12(14(13)22)8-11(9-20-15)17-25-18(2,3)19(4,5)26-17/h8-10,17H,7H2,1-6H3.